The van der Waals surface area contributed by atoms with Crippen LogP contribution in [0.15, 0.2) is 0 Å². The molecule has 5 heteroatoms. The maximum Gasteiger partial charge on any atom is 0.322 e. The second-order valence-electron chi connectivity index (χ2n) is 6.69. The van der Waals surface area contributed by atoms with E-state index < -0.39 is 18.2 Å². The van der Waals surface area contributed by atoms with Crippen molar-refractivity contribution in [3.8, 4) is 0 Å². The van der Waals surface area contributed by atoms with Crippen molar-refractivity contribution >= 4 is 19.3 Å². The summed E-state index contributed by atoms with van der Waals surface area (Å²) in [5, 5.41) is -0.937. The summed E-state index contributed by atoms with van der Waals surface area (Å²) in [6.07, 6.45) is 0. The zero-order valence-corrected chi connectivity index (χ0v) is 14.5. The molecule has 19 heavy (non-hydrogen) atoms. The van der Waals surface area contributed by atoms with Gasteiger partial charge in [-0.05, 0) is 23.9 Å². The summed E-state index contributed by atoms with van der Waals surface area (Å²) in [6, 6.07) is 0. The summed E-state index contributed by atoms with van der Waals surface area (Å²) in [5.41, 5.74) is -0.734. The molecule has 0 spiro atoms. The molecular weight excluding hydrogens is 260 g/mol. The first-order valence-corrected chi connectivity index (χ1v) is 8.81. The smallest absolute Gasteiger partial charge is 0.322 e. The number of ether oxygens (including phenoxy) is 2. The van der Waals surface area contributed by atoms with Crippen molar-refractivity contribution in [2.24, 2.45) is 0 Å². The molecule has 0 aliphatic heterocycles. The number of rotatable bonds is 4. The lowest BCUT2D eigenvalue weighted by Gasteiger charge is -2.45. The van der Waals surface area contributed by atoms with E-state index in [1.54, 1.807) is 13.8 Å². The molecule has 0 bridgehead atoms. The van der Waals surface area contributed by atoms with E-state index in [4.69, 9.17) is 9.47 Å². The number of hydrogen-bond donors (Lipinski definition) is 0. The minimum atomic E-state index is -3.17. The topological polar surface area (TPSA) is 52.6 Å². The lowest BCUT2D eigenvalue weighted by atomic mass is 10.2. The second-order valence-corrected chi connectivity index (χ2v) is 12.0. The maximum atomic E-state index is 12.6. The van der Waals surface area contributed by atoms with Crippen LogP contribution in [0.1, 0.15) is 55.4 Å². The number of carbonyl (C=O) groups is 2. The Hall–Kier alpha value is -0.843. The summed E-state index contributed by atoms with van der Waals surface area (Å²) in [7, 11) is -3.17. The average Bonchev–Trinajstić information content (AvgIpc) is 2.13. The monoisotopic (exact) mass is 288 g/mol. The van der Waals surface area contributed by atoms with E-state index in [2.05, 4.69) is 0 Å². The van der Waals surface area contributed by atoms with Gasteiger partial charge in [-0.1, -0.05) is 41.5 Å². The van der Waals surface area contributed by atoms with E-state index in [9.17, 15) is 9.59 Å². The van der Waals surface area contributed by atoms with E-state index >= 15 is 0 Å². The van der Waals surface area contributed by atoms with Crippen LogP contribution in [0.4, 0.5) is 9.59 Å². The molecule has 0 radical (unpaired) electrons. The van der Waals surface area contributed by atoms with Gasteiger partial charge in [-0.15, -0.1) is 0 Å². The van der Waals surface area contributed by atoms with Gasteiger partial charge in [0.15, 0.2) is 0 Å². The predicted octanol–water partition coefficient (Wildman–Crippen LogP) is 4.51. The van der Waals surface area contributed by atoms with Crippen LogP contribution in [-0.2, 0) is 9.47 Å². The standard InChI is InChI=1S/C14H28O4Si/c1-9-17-11(15)19(13(3,4)5,14(6,7)8)12(16)18-10-2/h9-10H2,1-8H3. The highest BCUT2D eigenvalue weighted by Crippen LogP contribution is 2.52. The molecule has 0 aliphatic carbocycles. The molecule has 0 N–H and O–H groups in total. The van der Waals surface area contributed by atoms with Crippen molar-refractivity contribution in [3.63, 3.8) is 0 Å². The number of hydrogen-bond acceptors (Lipinski definition) is 4. The molecular formula is C14H28O4Si. The fraction of sp³-hybridized carbons (Fsp3) is 0.857. The molecule has 0 heterocycles. The lowest BCUT2D eigenvalue weighted by Crippen LogP contribution is -2.65. The zero-order valence-electron chi connectivity index (χ0n) is 13.5. The van der Waals surface area contributed by atoms with Crippen LogP contribution in [0.5, 0.6) is 0 Å². The molecule has 4 nitrogen and oxygen atoms in total. The van der Waals surface area contributed by atoms with Crippen LogP contribution < -0.4 is 0 Å². The van der Waals surface area contributed by atoms with E-state index in [0.717, 1.165) is 0 Å². The molecule has 0 aromatic carbocycles. The minimum absolute atomic E-state index is 0.277. The Labute approximate surface area is 117 Å². The first kappa shape index (κ1) is 18.2. The van der Waals surface area contributed by atoms with E-state index in [1.807, 2.05) is 41.5 Å². The third kappa shape index (κ3) is 3.19. The molecule has 0 fully saturated rings. The van der Waals surface area contributed by atoms with Gasteiger partial charge in [-0.2, -0.15) is 0 Å². The Morgan fingerprint density at radius 3 is 1.21 bits per heavy atom. The molecule has 0 aromatic heterocycles. The van der Waals surface area contributed by atoms with E-state index in [-0.39, 0.29) is 24.4 Å². The molecule has 0 rings (SSSR count). The van der Waals surface area contributed by atoms with Crippen molar-refractivity contribution in [2.45, 2.75) is 65.5 Å². The van der Waals surface area contributed by atoms with Crippen molar-refractivity contribution in [1.82, 2.24) is 0 Å². The Morgan fingerprint density at radius 1 is 0.789 bits per heavy atom. The van der Waals surface area contributed by atoms with Gasteiger partial charge < -0.3 is 9.47 Å². The first-order valence-electron chi connectivity index (χ1n) is 6.81. The second kappa shape index (κ2) is 6.07. The molecule has 0 aromatic rings. The Balaban J connectivity index is 6.05. The fourth-order valence-electron chi connectivity index (χ4n) is 2.91. The van der Waals surface area contributed by atoms with Crippen molar-refractivity contribution in [3.05, 3.63) is 0 Å². The first-order chi connectivity index (χ1) is 8.46. The molecule has 0 unspecified atom stereocenters. The van der Waals surface area contributed by atoms with Gasteiger partial charge in [0, 0.05) is 0 Å². The highest BCUT2D eigenvalue weighted by molar-refractivity contribution is 7.26. The van der Waals surface area contributed by atoms with Crippen LogP contribution in [0.3, 0.4) is 0 Å². The Kier molecular flexibility index (Phi) is 5.80. The van der Waals surface area contributed by atoms with Crippen molar-refractivity contribution < 1.29 is 19.1 Å². The summed E-state index contributed by atoms with van der Waals surface area (Å²) in [6.45, 7) is 15.6. The normalized spacial score (nSPS) is 13.1. The van der Waals surface area contributed by atoms with Crippen LogP contribution in [0, 0.1) is 0 Å². The quantitative estimate of drug-likeness (QED) is 0.714. The van der Waals surface area contributed by atoms with Crippen LogP contribution in [0.25, 0.3) is 0 Å². The molecule has 0 amide bonds. The number of carbonyl (C=O) groups excluding carboxylic acids is 2. The van der Waals surface area contributed by atoms with Gasteiger partial charge >= 0.3 is 8.07 Å². The largest absolute Gasteiger partial charge is 0.470 e. The third-order valence-electron chi connectivity index (χ3n) is 3.41. The minimum Gasteiger partial charge on any atom is -0.470 e. The van der Waals surface area contributed by atoms with Crippen LogP contribution >= 0.6 is 0 Å². The molecule has 0 atom stereocenters. The molecule has 0 aliphatic rings. The fourth-order valence-corrected chi connectivity index (χ4v) is 8.50. The van der Waals surface area contributed by atoms with Gasteiger partial charge in [-0.3, -0.25) is 9.59 Å². The van der Waals surface area contributed by atoms with Gasteiger partial charge in [0.25, 0.3) is 11.2 Å². The van der Waals surface area contributed by atoms with E-state index in [1.165, 1.54) is 0 Å². The lowest BCUT2D eigenvalue weighted by molar-refractivity contribution is 0.162. The zero-order chi connectivity index (χ0) is 15.5. The molecule has 112 valence electrons. The predicted molar refractivity (Wildman–Crippen MR) is 79.2 cm³/mol. The Morgan fingerprint density at radius 2 is 1.05 bits per heavy atom. The summed E-state index contributed by atoms with van der Waals surface area (Å²) in [4.78, 5) is 25.2. The highest BCUT2D eigenvalue weighted by Gasteiger charge is 2.68. The molecule has 0 saturated heterocycles. The highest BCUT2D eigenvalue weighted by atomic mass is 28.3. The molecule has 0 saturated carbocycles. The average molecular weight is 288 g/mol. The third-order valence-corrected chi connectivity index (χ3v) is 9.43. The van der Waals surface area contributed by atoms with Gasteiger partial charge in [0.05, 0.1) is 13.2 Å². The summed E-state index contributed by atoms with van der Waals surface area (Å²) >= 11 is 0. The SMILES string of the molecule is CCOC(=O)[Si](C(=O)OCC)(C(C)(C)C)C(C)(C)C. The van der Waals surface area contributed by atoms with E-state index in [0.29, 0.717) is 0 Å². The summed E-state index contributed by atoms with van der Waals surface area (Å²) < 4.78 is 10.5. The van der Waals surface area contributed by atoms with Crippen LogP contribution in [0.2, 0.25) is 10.1 Å². The van der Waals surface area contributed by atoms with Crippen LogP contribution in [-0.4, -0.2) is 32.5 Å². The van der Waals surface area contributed by atoms with Crippen molar-refractivity contribution in [1.29, 1.82) is 0 Å². The maximum absolute atomic E-state index is 12.6. The van der Waals surface area contributed by atoms with Gasteiger partial charge in [0.2, 0.25) is 0 Å². The summed E-state index contributed by atoms with van der Waals surface area (Å²) in [5.74, 6) is 0. The van der Waals surface area contributed by atoms with Crippen molar-refractivity contribution in [2.75, 3.05) is 13.2 Å². The Bertz CT molecular complexity index is 302. The van der Waals surface area contributed by atoms with Gasteiger partial charge in [0.1, 0.15) is 0 Å². The van der Waals surface area contributed by atoms with Gasteiger partial charge in [-0.25, -0.2) is 0 Å².